The summed E-state index contributed by atoms with van der Waals surface area (Å²) < 4.78 is 0. The van der Waals surface area contributed by atoms with Crippen LogP contribution in [0.3, 0.4) is 0 Å². The number of rotatable bonds is 4. The van der Waals surface area contributed by atoms with Gasteiger partial charge in [-0.15, -0.1) is 11.8 Å². The Labute approximate surface area is 118 Å². The van der Waals surface area contributed by atoms with Gasteiger partial charge in [0.05, 0.1) is 6.54 Å². The van der Waals surface area contributed by atoms with E-state index in [1.807, 2.05) is 39.2 Å². The first-order valence-electron chi connectivity index (χ1n) is 6.05. The topological polar surface area (TPSA) is 58.2 Å². The molecule has 2 amide bonds. The molecule has 0 unspecified atom stereocenters. The van der Waals surface area contributed by atoms with Gasteiger partial charge >= 0.3 is 0 Å². The fourth-order valence-electron chi connectivity index (χ4n) is 1.47. The molecule has 104 valence electrons. The molecule has 1 aromatic rings. The first-order chi connectivity index (χ1) is 8.81. The van der Waals surface area contributed by atoms with Crippen molar-refractivity contribution >= 4 is 23.6 Å². The Morgan fingerprint density at radius 3 is 2.21 bits per heavy atom. The summed E-state index contributed by atoms with van der Waals surface area (Å²) in [7, 11) is 0. The molecule has 0 spiro atoms. The second kappa shape index (κ2) is 6.61. The molecular formula is C14H20N2O2S. The van der Waals surface area contributed by atoms with Crippen molar-refractivity contribution in [1.82, 2.24) is 10.6 Å². The molecule has 2 N–H and O–H groups in total. The molecule has 0 aliphatic heterocycles. The summed E-state index contributed by atoms with van der Waals surface area (Å²) in [5.74, 6) is -0.432. The Balaban J connectivity index is 2.49. The minimum Gasteiger partial charge on any atom is -0.350 e. The minimum atomic E-state index is -0.290. The van der Waals surface area contributed by atoms with E-state index in [-0.39, 0.29) is 23.9 Å². The zero-order valence-corrected chi connectivity index (χ0v) is 12.6. The van der Waals surface area contributed by atoms with E-state index in [0.717, 1.165) is 4.90 Å². The van der Waals surface area contributed by atoms with Crippen molar-refractivity contribution in [3.63, 3.8) is 0 Å². The third kappa shape index (κ3) is 5.79. The highest BCUT2D eigenvalue weighted by atomic mass is 32.2. The Morgan fingerprint density at radius 1 is 1.16 bits per heavy atom. The first-order valence-corrected chi connectivity index (χ1v) is 7.27. The van der Waals surface area contributed by atoms with Gasteiger partial charge in [-0.25, -0.2) is 0 Å². The Bertz CT molecular complexity index is 450. The van der Waals surface area contributed by atoms with Crippen molar-refractivity contribution < 1.29 is 9.59 Å². The largest absolute Gasteiger partial charge is 0.350 e. The Hall–Kier alpha value is -1.49. The van der Waals surface area contributed by atoms with Crippen molar-refractivity contribution in [3.05, 3.63) is 29.8 Å². The molecule has 0 heterocycles. The molecular weight excluding hydrogens is 260 g/mol. The molecule has 1 rings (SSSR count). The fourth-order valence-corrected chi connectivity index (χ4v) is 1.88. The number of nitrogens with one attached hydrogen (secondary N) is 2. The lowest BCUT2D eigenvalue weighted by molar-refractivity contribution is -0.121. The fraction of sp³-hybridized carbons (Fsp3) is 0.429. The summed E-state index contributed by atoms with van der Waals surface area (Å²) in [5, 5.41) is 5.39. The standard InChI is InChI=1S/C14H20N2O2S/c1-14(2,3)16-12(17)9-15-13(18)10-5-7-11(19-4)8-6-10/h5-8H,9H2,1-4H3,(H,15,18)(H,16,17). The van der Waals surface area contributed by atoms with E-state index in [1.165, 1.54) is 0 Å². The molecule has 0 saturated carbocycles. The second-order valence-corrected chi connectivity index (χ2v) is 6.09. The third-order valence-corrected chi connectivity index (χ3v) is 3.02. The van der Waals surface area contributed by atoms with E-state index < -0.39 is 0 Å². The summed E-state index contributed by atoms with van der Waals surface area (Å²) in [4.78, 5) is 24.5. The number of carbonyl (C=O) groups is 2. The molecule has 0 aromatic heterocycles. The zero-order chi connectivity index (χ0) is 14.5. The van der Waals surface area contributed by atoms with Gasteiger partial charge in [0.2, 0.25) is 5.91 Å². The van der Waals surface area contributed by atoms with Gasteiger partial charge in [0.25, 0.3) is 5.91 Å². The monoisotopic (exact) mass is 280 g/mol. The predicted octanol–water partition coefficient (Wildman–Crippen LogP) is 2.05. The van der Waals surface area contributed by atoms with Gasteiger partial charge < -0.3 is 10.6 Å². The number of hydrogen-bond donors (Lipinski definition) is 2. The molecule has 0 radical (unpaired) electrons. The summed E-state index contributed by atoms with van der Waals surface area (Å²) in [5.41, 5.74) is 0.267. The minimum absolute atomic E-state index is 0.0135. The van der Waals surface area contributed by atoms with E-state index in [9.17, 15) is 9.59 Å². The van der Waals surface area contributed by atoms with E-state index >= 15 is 0 Å². The lowest BCUT2D eigenvalue weighted by atomic mass is 10.1. The molecule has 5 heteroatoms. The summed E-state index contributed by atoms with van der Waals surface area (Å²) in [6, 6.07) is 7.27. The molecule has 0 aliphatic carbocycles. The van der Waals surface area contributed by atoms with Crippen molar-refractivity contribution in [1.29, 1.82) is 0 Å². The molecule has 0 fully saturated rings. The van der Waals surface area contributed by atoms with Crippen LogP contribution < -0.4 is 10.6 Å². The van der Waals surface area contributed by atoms with Gasteiger partial charge in [0, 0.05) is 16.0 Å². The summed E-state index contributed by atoms with van der Waals surface area (Å²) >= 11 is 1.62. The normalized spacial score (nSPS) is 10.9. The van der Waals surface area contributed by atoms with Gasteiger partial charge in [-0.05, 0) is 51.3 Å². The van der Waals surface area contributed by atoms with Crippen LogP contribution in [0.2, 0.25) is 0 Å². The van der Waals surface area contributed by atoms with Crippen LogP contribution in [0.15, 0.2) is 29.2 Å². The number of hydrogen-bond acceptors (Lipinski definition) is 3. The van der Waals surface area contributed by atoms with Crippen molar-refractivity contribution in [2.75, 3.05) is 12.8 Å². The van der Waals surface area contributed by atoms with Crippen LogP contribution in [0.25, 0.3) is 0 Å². The van der Waals surface area contributed by atoms with Gasteiger partial charge in [-0.1, -0.05) is 0 Å². The smallest absolute Gasteiger partial charge is 0.251 e. The van der Waals surface area contributed by atoms with Gasteiger partial charge in [-0.3, -0.25) is 9.59 Å². The maximum atomic E-state index is 11.8. The van der Waals surface area contributed by atoms with E-state index in [0.29, 0.717) is 5.56 Å². The average Bonchev–Trinajstić information content (AvgIpc) is 2.34. The molecule has 0 aliphatic rings. The Kier molecular flexibility index (Phi) is 5.42. The van der Waals surface area contributed by atoms with Gasteiger partial charge in [0.15, 0.2) is 0 Å². The molecule has 0 saturated heterocycles. The van der Waals surface area contributed by atoms with Crippen LogP contribution in [0.4, 0.5) is 0 Å². The van der Waals surface area contributed by atoms with Crippen molar-refractivity contribution in [2.24, 2.45) is 0 Å². The van der Waals surface area contributed by atoms with Crippen LogP contribution >= 0.6 is 11.8 Å². The lowest BCUT2D eigenvalue weighted by Gasteiger charge is -2.20. The van der Waals surface area contributed by atoms with Crippen LogP contribution in [0, 0.1) is 0 Å². The maximum absolute atomic E-state index is 11.8. The van der Waals surface area contributed by atoms with Crippen LogP contribution in [-0.4, -0.2) is 30.2 Å². The first kappa shape index (κ1) is 15.6. The third-order valence-electron chi connectivity index (χ3n) is 2.28. The number of benzene rings is 1. The van der Waals surface area contributed by atoms with Gasteiger partial charge in [0.1, 0.15) is 0 Å². The van der Waals surface area contributed by atoms with E-state index in [2.05, 4.69) is 10.6 Å². The van der Waals surface area contributed by atoms with Crippen molar-refractivity contribution in [2.45, 2.75) is 31.2 Å². The van der Waals surface area contributed by atoms with E-state index in [1.54, 1.807) is 23.9 Å². The average molecular weight is 280 g/mol. The molecule has 0 bridgehead atoms. The predicted molar refractivity (Wildman–Crippen MR) is 78.5 cm³/mol. The van der Waals surface area contributed by atoms with Crippen LogP contribution in [0.5, 0.6) is 0 Å². The Morgan fingerprint density at radius 2 is 1.74 bits per heavy atom. The zero-order valence-electron chi connectivity index (χ0n) is 11.7. The summed E-state index contributed by atoms with van der Waals surface area (Å²) in [6.07, 6.45) is 1.98. The number of carbonyl (C=O) groups excluding carboxylic acids is 2. The highest BCUT2D eigenvalue weighted by Gasteiger charge is 2.14. The molecule has 1 aromatic carbocycles. The summed E-state index contributed by atoms with van der Waals surface area (Å²) in [6.45, 7) is 5.68. The van der Waals surface area contributed by atoms with Gasteiger partial charge in [-0.2, -0.15) is 0 Å². The van der Waals surface area contributed by atoms with Crippen LogP contribution in [-0.2, 0) is 4.79 Å². The molecule has 0 atom stereocenters. The van der Waals surface area contributed by atoms with E-state index in [4.69, 9.17) is 0 Å². The molecule has 19 heavy (non-hydrogen) atoms. The highest BCUT2D eigenvalue weighted by Crippen LogP contribution is 2.14. The SMILES string of the molecule is CSc1ccc(C(=O)NCC(=O)NC(C)(C)C)cc1. The second-order valence-electron chi connectivity index (χ2n) is 5.21. The highest BCUT2D eigenvalue weighted by molar-refractivity contribution is 7.98. The lowest BCUT2D eigenvalue weighted by Crippen LogP contribution is -2.45. The number of amides is 2. The quantitative estimate of drug-likeness (QED) is 0.830. The molecule has 4 nitrogen and oxygen atoms in total. The maximum Gasteiger partial charge on any atom is 0.251 e. The van der Waals surface area contributed by atoms with Crippen LogP contribution in [0.1, 0.15) is 31.1 Å². The number of thioether (sulfide) groups is 1. The van der Waals surface area contributed by atoms with Crippen molar-refractivity contribution in [3.8, 4) is 0 Å².